The first kappa shape index (κ1) is 15.5. The molecule has 1 heterocycles. The van der Waals surface area contributed by atoms with Crippen molar-refractivity contribution in [2.24, 2.45) is 7.05 Å². The fourth-order valence-corrected chi connectivity index (χ4v) is 1.97. The van der Waals surface area contributed by atoms with Crippen molar-refractivity contribution in [1.82, 2.24) is 4.57 Å². The van der Waals surface area contributed by atoms with Gasteiger partial charge in [-0.05, 0) is 19.3 Å². The molecule has 0 amide bonds. The number of hydrogen-bond donors (Lipinski definition) is 0. The number of nitrogens with zero attached hydrogens (tertiary/aromatic N) is 2. The quantitative estimate of drug-likeness (QED) is 0.282. The van der Waals surface area contributed by atoms with Crippen LogP contribution >= 0.6 is 0 Å². The van der Waals surface area contributed by atoms with Crippen LogP contribution in [0.5, 0.6) is 0 Å². The van der Waals surface area contributed by atoms with Gasteiger partial charge in [0.2, 0.25) is 6.33 Å². The van der Waals surface area contributed by atoms with E-state index in [2.05, 4.69) is 34.4 Å². The van der Waals surface area contributed by atoms with Gasteiger partial charge in [-0.25, -0.2) is 13.9 Å². The molecule has 1 rings (SSSR count). The Kier molecular flexibility index (Phi) is 7.63. The zero-order chi connectivity index (χ0) is 13.9. The summed E-state index contributed by atoms with van der Waals surface area (Å²) in [6.45, 7) is 4.97. The van der Waals surface area contributed by atoms with Crippen molar-refractivity contribution >= 4 is 5.97 Å². The van der Waals surface area contributed by atoms with Gasteiger partial charge in [0.15, 0.2) is 0 Å². The summed E-state index contributed by atoms with van der Waals surface area (Å²) in [6.07, 6.45) is 14.5. The van der Waals surface area contributed by atoms with Crippen LogP contribution in [0.25, 0.3) is 0 Å². The standard InChI is InChI=1S/C15H25N2O2/c1-3-15(18)19-13-9-7-5-4-6-8-10-17-12-11-16(2)14-17/h3,11-12,14H,1,4-10,13H2,2H3/q+1. The zero-order valence-corrected chi connectivity index (χ0v) is 11.9. The molecule has 4 nitrogen and oxygen atoms in total. The SMILES string of the molecule is C=CC(=O)OCCCCCCCCn1cc[n+](C)c1. The van der Waals surface area contributed by atoms with E-state index in [1.165, 1.54) is 31.8 Å². The second-order valence-corrected chi connectivity index (χ2v) is 4.81. The van der Waals surface area contributed by atoms with E-state index in [1.807, 2.05) is 7.05 Å². The number of rotatable bonds is 10. The van der Waals surface area contributed by atoms with Gasteiger partial charge in [-0.2, -0.15) is 0 Å². The van der Waals surface area contributed by atoms with Crippen molar-refractivity contribution in [2.75, 3.05) is 6.61 Å². The van der Waals surface area contributed by atoms with Gasteiger partial charge in [0.1, 0.15) is 12.4 Å². The molecule has 0 saturated heterocycles. The second kappa shape index (κ2) is 9.36. The van der Waals surface area contributed by atoms with E-state index in [0.29, 0.717) is 6.61 Å². The molecule has 19 heavy (non-hydrogen) atoms. The average Bonchev–Trinajstić information content (AvgIpc) is 2.82. The maximum Gasteiger partial charge on any atom is 0.330 e. The molecule has 0 N–H and O–H groups in total. The normalized spacial score (nSPS) is 10.4. The van der Waals surface area contributed by atoms with E-state index in [1.54, 1.807) is 0 Å². The molecule has 0 saturated carbocycles. The van der Waals surface area contributed by atoms with E-state index in [4.69, 9.17) is 4.74 Å². The number of hydrogen-bond acceptors (Lipinski definition) is 2. The van der Waals surface area contributed by atoms with Crippen LogP contribution in [0.1, 0.15) is 38.5 Å². The predicted molar refractivity (Wildman–Crippen MR) is 74.5 cm³/mol. The van der Waals surface area contributed by atoms with Crippen molar-refractivity contribution in [1.29, 1.82) is 0 Å². The monoisotopic (exact) mass is 265 g/mol. The summed E-state index contributed by atoms with van der Waals surface area (Å²) >= 11 is 0. The number of aryl methyl sites for hydroxylation is 2. The van der Waals surface area contributed by atoms with Gasteiger partial charge in [-0.15, -0.1) is 0 Å². The fourth-order valence-electron chi connectivity index (χ4n) is 1.97. The van der Waals surface area contributed by atoms with Crippen LogP contribution in [0.15, 0.2) is 31.4 Å². The van der Waals surface area contributed by atoms with E-state index in [9.17, 15) is 4.79 Å². The molecule has 1 aromatic heterocycles. The number of imidazole rings is 1. The molecule has 0 bridgehead atoms. The summed E-state index contributed by atoms with van der Waals surface area (Å²) in [4.78, 5) is 10.8. The molecule has 4 heteroatoms. The van der Waals surface area contributed by atoms with Crippen LogP contribution in [-0.2, 0) is 23.1 Å². The summed E-state index contributed by atoms with van der Waals surface area (Å²) < 4.78 is 9.19. The van der Waals surface area contributed by atoms with Gasteiger partial charge in [-0.1, -0.05) is 25.8 Å². The molecule has 1 aromatic rings. The highest BCUT2D eigenvalue weighted by Crippen LogP contribution is 2.06. The Balaban J connectivity index is 1.86. The van der Waals surface area contributed by atoms with Gasteiger partial charge in [0.05, 0.1) is 20.2 Å². The number of carbonyl (C=O) groups excluding carboxylic acids is 1. The molecule has 0 aromatic carbocycles. The lowest BCUT2D eigenvalue weighted by atomic mass is 10.1. The first-order valence-corrected chi connectivity index (χ1v) is 7.02. The summed E-state index contributed by atoms with van der Waals surface area (Å²) in [5, 5.41) is 0. The lowest BCUT2D eigenvalue weighted by Crippen LogP contribution is -2.23. The first-order chi connectivity index (χ1) is 9.22. The first-order valence-electron chi connectivity index (χ1n) is 7.02. The van der Waals surface area contributed by atoms with Crippen LogP contribution in [0.3, 0.4) is 0 Å². The van der Waals surface area contributed by atoms with Crippen LogP contribution in [-0.4, -0.2) is 17.1 Å². The minimum absolute atomic E-state index is 0.320. The van der Waals surface area contributed by atoms with Crippen molar-refractivity contribution < 1.29 is 14.1 Å². The highest BCUT2D eigenvalue weighted by Gasteiger charge is 1.99. The zero-order valence-electron chi connectivity index (χ0n) is 11.9. The third-order valence-electron chi connectivity index (χ3n) is 3.05. The molecule has 0 aliphatic rings. The van der Waals surface area contributed by atoms with Crippen LogP contribution in [0, 0.1) is 0 Å². The summed E-state index contributed by atoms with van der Waals surface area (Å²) in [7, 11) is 2.04. The molecule has 0 fully saturated rings. The largest absolute Gasteiger partial charge is 0.463 e. The Bertz CT molecular complexity index is 385. The van der Waals surface area contributed by atoms with Crippen LogP contribution in [0.2, 0.25) is 0 Å². The molecule has 0 atom stereocenters. The molecule has 106 valence electrons. The van der Waals surface area contributed by atoms with Gasteiger partial charge in [-0.3, -0.25) is 0 Å². The molecular formula is C15H25N2O2+. The average molecular weight is 265 g/mol. The summed E-state index contributed by atoms with van der Waals surface area (Å²) in [5.41, 5.74) is 0. The molecule has 0 radical (unpaired) electrons. The number of aromatic nitrogens is 2. The smallest absolute Gasteiger partial charge is 0.330 e. The Morgan fingerprint density at radius 1 is 1.26 bits per heavy atom. The molecule has 0 spiro atoms. The minimum Gasteiger partial charge on any atom is -0.463 e. The number of ether oxygens (including phenoxy) is 1. The summed E-state index contributed by atoms with van der Waals surface area (Å²) in [6, 6.07) is 0. The topological polar surface area (TPSA) is 35.1 Å². The summed E-state index contributed by atoms with van der Waals surface area (Å²) in [5.74, 6) is -0.320. The van der Waals surface area contributed by atoms with Gasteiger partial charge < -0.3 is 4.74 Å². The lowest BCUT2D eigenvalue weighted by molar-refractivity contribution is -0.671. The van der Waals surface area contributed by atoms with E-state index >= 15 is 0 Å². The lowest BCUT2D eigenvalue weighted by Gasteiger charge is -2.02. The van der Waals surface area contributed by atoms with Crippen molar-refractivity contribution in [3.8, 4) is 0 Å². The second-order valence-electron chi connectivity index (χ2n) is 4.81. The van der Waals surface area contributed by atoms with Crippen LogP contribution < -0.4 is 4.57 Å². The predicted octanol–water partition coefficient (Wildman–Crippen LogP) is 2.38. The molecule has 0 unspecified atom stereocenters. The van der Waals surface area contributed by atoms with Crippen molar-refractivity contribution in [3.63, 3.8) is 0 Å². The van der Waals surface area contributed by atoms with E-state index < -0.39 is 0 Å². The Labute approximate surface area is 115 Å². The number of esters is 1. The Hall–Kier alpha value is -1.58. The van der Waals surface area contributed by atoms with Crippen LogP contribution in [0.4, 0.5) is 0 Å². The van der Waals surface area contributed by atoms with Crippen molar-refractivity contribution in [3.05, 3.63) is 31.4 Å². The maximum absolute atomic E-state index is 10.8. The highest BCUT2D eigenvalue weighted by atomic mass is 16.5. The van der Waals surface area contributed by atoms with Gasteiger partial charge in [0.25, 0.3) is 0 Å². The molecule has 0 aliphatic heterocycles. The third kappa shape index (κ3) is 7.44. The molecular weight excluding hydrogens is 240 g/mol. The fraction of sp³-hybridized carbons (Fsp3) is 0.600. The molecule has 0 aliphatic carbocycles. The van der Waals surface area contributed by atoms with E-state index in [-0.39, 0.29) is 5.97 Å². The van der Waals surface area contributed by atoms with Gasteiger partial charge >= 0.3 is 5.97 Å². The van der Waals surface area contributed by atoms with Gasteiger partial charge in [0, 0.05) is 6.08 Å². The number of unbranched alkanes of at least 4 members (excludes halogenated alkanes) is 5. The van der Waals surface area contributed by atoms with E-state index in [0.717, 1.165) is 19.4 Å². The third-order valence-corrected chi connectivity index (χ3v) is 3.05. The Morgan fingerprint density at radius 2 is 1.95 bits per heavy atom. The Morgan fingerprint density at radius 3 is 2.58 bits per heavy atom. The number of carbonyl (C=O) groups is 1. The minimum atomic E-state index is -0.320. The maximum atomic E-state index is 10.8. The van der Waals surface area contributed by atoms with Crippen molar-refractivity contribution in [2.45, 2.75) is 45.1 Å². The highest BCUT2D eigenvalue weighted by molar-refractivity contribution is 5.81.